The molecule has 2 atom stereocenters. The normalized spacial score (nSPS) is 19.5. The van der Waals surface area contributed by atoms with Gasteiger partial charge < -0.3 is 10.1 Å². The fourth-order valence-corrected chi connectivity index (χ4v) is 2.68. The van der Waals surface area contributed by atoms with Crippen molar-refractivity contribution in [3.8, 4) is 0 Å². The molecular weight excluding hydrogens is 210 g/mol. The van der Waals surface area contributed by atoms with Crippen molar-refractivity contribution < 1.29 is 4.74 Å². The van der Waals surface area contributed by atoms with E-state index in [4.69, 9.17) is 4.74 Å². The summed E-state index contributed by atoms with van der Waals surface area (Å²) in [5.74, 6) is 0.732. The maximum Gasteiger partial charge on any atom is 0.0616 e. The van der Waals surface area contributed by atoms with Gasteiger partial charge in [-0.05, 0) is 42.9 Å². The Bertz CT molecular complexity index is 351. The van der Waals surface area contributed by atoms with Crippen LogP contribution in [0.5, 0.6) is 0 Å². The van der Waals surface area contributed by atoms with Gasteiger partial charge >= 0.3 is 0 Å². The molecule has 0 aromatic heterocycles. The molecule has 2 rings (SSSR count). The van der Waals surface area contributed by atoms with Crippen molar-refractivity contribution in [1.82, 2.24) is 5.32 Å². The number of fused-ring (bicyclic) bond motifs is 1. The van der Waals surface area contributed by atoms with E-state index in [1.54, 1.807) is 12.7 Å². The molecule has 1 aliphatic rings. The standard InChI is InChI=1S/C15H23NO/c1-3-8-16-14(11-17-2)10-13-9-12-6-4-5-7-15(12)13/h4-7,13-14,16H,3,8-11H2,1-2H3. The highest BCUT2D eigenvalue weighted by Gasteiger charge is 2.27. The van der Waals surface area contributed by atoms with Crippen LogP contribution in [0, 0.1) is 0 Å². The summed E-state index contributed by atoms with van der Waals surface area (Å²) in [5.41, 5.74) is 3.08. The Balaban J connectivity index is 1.87. The summed E-state index contributed by atoms with van der Waals surface area (Å²) in [6, 6.07) is 9.30. The van der Waals surface area contributed by atoms with E-state index in [0.29, 0.717) is 6.04 Å². The zero-order valence-corrected chi connectivity index (χ0v) is 10.9. The summed E-state index contributed by atoms with van der Waals surface area (Å²) in [5, 5.41) is 3.58. The predicted octanol–water partition coefficient (Wildman–Crippen LogP) is 2.73. The molecule has 0 spiro atoms. The lowest BCUT2D eigenvalue weighted by molar-refractivity contribution is 0.157. The second-order valence-corrected chi connectivity index (χ2v) is 4.94. The van der Waals surface area contributed by atoms with E-state index in [9.17, 15) is 0 Å². The second kappa shape index (κ2) is 6.18. The molecule has 1 N–H and O–H groups in total. The van der Waals surface area contributed by atoms with E-state index < -0.39 is 0 Å². The number of hydrogen-bond donors (Lipinski definition) is 1. The first kappa shape index (κ1) is 12.6. The van der Waals surface area contributed by atoms with Crippen LogP contribution in [0.4, 0.5) is 0 Å². The van der Waals surface area contributed by atoms with Gasteiger partial charge in [-0.15, -0.1) is 0 Å². The molecule has 0 bridgehead atoms. The van der Waals surface area contributed by atoms with Crippen molar-refractivity contribution in [1.29, 1.82) is 0 Å². The molecule has 0 radical (unpaired) electrons. The number of methoxy groups -OCH3 is 1. The highest BCUT2D eigenvalue weighted by atomic mass is 16.5. The van der Waals surface area contributed by atoms with E-state index in [2.05, 4.69) is 36.5 Å². The van der Waals surface area contributed by atoms with Gasteiger partial charge in [0.1, 0.15) is 0 Å². The van der Waals surface area contributed by atoms with Crippen molar-refractivity contribution in [3.05, 3.63) is 35.4 Å². The predicted molar refractivity (Wildman–Crippen MR) is 71.5 cm³/mol. The number of nitrogens with one attached hydrogen (secondary N) is 1. The van der Waals surface area contributed by atoms with Crippen LogP contribution < -0.4 is 5.32 Å². The van der Waals surface area contributed by atoms with Crippen molar-refractivity contribution in [2.24, 2.45) is 0 Å². The monoisotopic (exact) mass is 233 g/mol. The van der Waals surface area contributed by atoms with Gasteiger partial charge in [-0.1, -0.05) is 31.2 Å². The average Bonchev–Trinajstić information content (AvgIpc) is 2.33. The molecule has 0 saturated heterocycles. The third-order valence-corrected chi connectivity index (χ3v) is 3.58. The fraction of sp³-hybridized carbons (Fsp3) is 0.600. The van der Waals surface area contributed by atoms with E-state index in [0.717, 1.165) is 19.1 Å². The number of hydrogen-bond acceptors (Lipinski definition) is 2. The highest BCUT2D eigenvalue weighted by molar-refractivity contribution is 5.39. The van der Waals surface area contributed by atoms with Crippen molar-refractivity contribution in [3.63, 3.8) is 0 Å². The Morgan fingerprint density at radius 1 is 1.41 bits per heavy atom. The maximum atomic E-state index is 5.30. The molecule has 0 fully saturated rings. The van der Waals surface area contributed by atoms with Crippen molar-refractivity contribution in [2.45, 2.75) is 38.1 Å². The number of rotatable bonds is 7. The molecule has 0 saturated carbocycles. The molecular formula is C15H23NO. The third-order valence-electron chi connectivity index (χ3n) is 3.58. The quantitative estimate of drug-likeness (QED) is 0.782. The zero-order valence-electron chi connectivity index (χ0n) is 10.9. The van der Waals surface area contributed by atoms with Gasteiger partial charge in [0, 0.05) is 13.2 Å². The van der Waals surface area contributed by atoms with Gasteiger partial charge in [0.15, 0.2) is 0 Å². The molecule has 2 unspecified atom stereocenters. The summed E-state index contributed by atoms with van der Waals surface area (Å²) in [7, 11) is 1.79. The molecule has 1 aliphatic carbocycles. The molecule has 17 heavy (non-hydrogen) atoms. The molecule has 0 heterocycles. The third kappa shape index (κ3) is 3.08. The van der Waals surface area contributed by atoms with Gasteiger partial charge in [-0.2, -0.15) is 0 Å². The highest BCUT2D eigenvalue weighted by Crippen LogP contribution is 2.37. The average molecular weight is 233 g/mol. The SMILES string of the molecule is CCCNC(COC)CC1Cc2ccccc21. The molecule has 0 amide bonds. The Labute approximate surface area is 104 Å². The minimum atomic E-state index is 0.498. The minimum Gasteiger partial charge on any atom is -0.383 e. The Morgan fingerprint density at radius 2 is 2.24 bits per heavy atom. The molecule has 1 aromatic rings. The lowest BCUT2D eigenvalue weighted by Crippen LogP contribution is -2.37. The summed E-state index contributed by atoms with van der Waals surface area (Å²) in [4.78, 5) is 0. The van der Waals surface area contributed by atoms with E-state index >= 15 is 0 Å². The molecule has 94 valence electrons. The van der Waals surface area contributed by atoms with Crippen LogP contribution >= 0.6 is 0 Å². The van der Waals surface area contributed by atoms with Crippen LogP contribution in [-0.4, -0.2) is 26.3 Å². The molecule has 2 heteroatoms. The van der Waals surface area contributed by atoms with Crippen LogP contribution in [0.25, 0.3) is 0 Å². The number of ether oxygens (including phenoxy) is 1. The summed E-state index contributed by atoms with van der Waals surface area (Å²) < 4.78 is 5.30. The Hall–Kier alpha value is -0.860. The smallest absolute Gasteiger partial charge is 0.0616 e. The van der Waals surface area contributed by atoms with Gasteiger partial charge in [-0.3, -0.25) is 0 Å². The second-order valence-electron chi connectivity index (χ2n) is 4.94. The van der Waals surface area contributed by atoms with E-state index in [1.807, 2.05) is 0 Å². The van der Waals surface area contributed by atoms with Crippen LogP contribution in [-0.2, 0) is 11.2 Å². The van der Waals surface area contributed by atoms with Crippen molar-refractivity contribution >= 4 is 0 Å². The van der Waals surface area contributed by atoms with E-state index in [1.165, 1.54) is 24.8 Å². The lowest BCUT2D eigenvalue weighted by atomic mass is 9.74. The zero-order chi connectivity index (χ0) is 12.1. The molecule has 2 nitrogen and oxygen atoms in total. The van der Waals surface area contributed by atoms with Gasteiger partial charge in [0.25, 0.3) is 0 Å². The van der Waals surface area contributed by atoms with Gasteiger partial charge in [0.05, 0.1) is 6.61 Å². The van der Waals surface area contributed by atoms with Crippen LogP contribution in [0.3, 0.4) is 0 Å². The van der Waals surface area contributed by atoms with Gasteiger partial charge in [-0.25, -0.2) is 0 Å². The van der Waals surface area contributed by atoms with E-state index in [-0.39, 0.29) is 0 Å². The van der Waals surface area contributed by atoms with Crippen LogP contribution in [0.1, 0.15) is 36.8 Å². The first-order valence-corrected chi connectivity index (χ1v) is 6.65. The van der Waals surface area contributed by atoms with Gasteiger partial charge in [0.2, 0.25) is 0 Å². The minimum absolute atomic E-state index is 0.498. The molecule has 0 aliphatic heterocycles. The fourth-order valence-electron chi connectivity index (χ4n) is 2.68. The largest absolute Gasteiger partial charge is 0.383 e. The topological polar surface area (TPSA) is 21.3 Å². The summed E-state index contributed by atoms with van der Waals surface area (Å²) in [6.07, 6.45) is 3.62. The summed E-state index contributed by atoms with van der Waals surface area (Å²) in [6.45, 7) is 4.11. The first-order valence-electron chi connectivity index (χ1n) is 6.65. The summed E-state index contributed by atoms with van der Waals surface area (Å²) >= 11 is 0. The molecule has 1 aromatic carbocycles. The Kier molecular flexibility index (Phi) is 4.57. The maximum absolute atomic E-state index is 5.30. The first-order chi connectivity index (χ1) is 8.35. The Morgan fingerprint density at radius 3 is 2.94 bits per heavy atom. The van der Waals surface area contributed by atoms with Crippen LogP contribution in [0.15, 0.2) is 24.3 Å². The van der Waals surface area contributed by atoms with Crippen molar-refractivity contribution in [2.75, 3.05) is 20.3 Å². The number of benzene rings is 1. The lowest BCUT2D eigenvalue weighted by Gasteiger charge is -2.33. The van der Waals surface area contributed by atoms with Crippen LogP contribution in [0.2, 0.25) is 0 Å².